The lowest BCUT2D eigenvalue weighted by atomic mass is 10.1. The second kappa shape index (κ2) is 10.1. The molecule has 0 radical (unpaired) electrons. The molecule has 1 saturated heterocycles. The van der Waals surface area contributed by atoms with Crippen LogP contribution in [-0.2, 0) is 11.4 Å². The van der Waals surface area contributed by atoms with Gasteiger partial charge in [-0.2, -0.15) is 0 Å². The molecule has 8 heteroatoms. The number of hydrogen-bond acceptors (Lipinski definition) is 5. The molecule has 0 N–H and O–H groups in total. The van der Waals surface area contributed by atoms with Crippen LogP contribution in [0, 0.1) is 5.82 Å². The largest absolute Gasteiger partial charge is 0.490 e. The highest BCUT2D eigenvalue weighted by atomic mass is 35.5. The SMILES string of the molecule is CCOc1cc(/C=C2\SC(=O)N(c3ccccc3Cl)C2=O)ccc1OCc1ccccc1F. The number of amides is 2. The number of thioether (sulfide) groups is 1. The van der Waals surface area contributed by atoms with Crippen LogP contribution >= 0.6 is 23.4 Å². The minimum absolute atomic E-state index is 0.0445. The van der Waals surface area contributed by atoms with E-state index in [-0.39, 0.29) is 17.3 Å². The van der Waals surface area contributed by atoms with Gasteiger partial charge in [0.2, 0.25) is 0 Å². The molecule has 3 aromatic carbocycles. The average molecular weight is 484 g/mol. The van der Waals surface area contributed by atoms with Crippen molar-refractivity contribution in [3.8, 4) is 11.5 Å². The minimum Gasteiger partial charge on any atom is -0.490 e. The van der Waals surface area contributed by atoms with Crippen molar-refractivity contribution in [3.63, 3.8) is 0 Å². The summed E-state index contributed by atoms with van der Waals surface area (Å²) in [5, 5.41) is -0.106. The van der Waals surface area contributed by atoms with Crippen LogP contribution in [-0.4, -0.2) is 17.8 Å². The number of nitrogens with zero attached hydrogens (tertiary/aromatic N) is 1. The molecule has 168 valence electrons. The van der Waals surface area contributed by atoms with E-state index in [9.17, 15) is 14.0 Å². The Hall–Kier alpha value is -3.29. The molecule has 0 atom stereocenters. The molecule has 1 aliphatic rings. The first-order valence-corrected chi connectivity index (χ1v) is 11.3. The van der Waals surface area contributed by atoms with Gasteiger partial charge in [-0.3, -0.25) is 9.59 Å². The summed E-state index contributed by atoms with van der Waals surface area (Å²) in [4.78, 5) is 26.7. The zero-order valence-corrected chi connectivity index (χ0v) is 19.2. The van der Waals surface area contributed by atoms with Crippen molar-refractivity contribution in [1.29, 1.82) is 0 Å². The van der Waals surface area contributed by atoms with Gasteiger partial charge in [0.1, 0.15) is 12.4 Å². The van der Waals surface area contributed by atoms with E-state index in [1.165, 1.54) is 6.07 Å². The van der Waals surface area contributed by atoms with Gasteiger partial charge < -0.3 is 9.47 Å². The van der Waals surface area contributed by atoms with Crippen LogP contribution in [0.2, 0.25) is 5.02 Å². The van der Waals surface area contributed by atoms with Crippen LogP contribution in [0.1, 0.15) is 18.1 Å². The highest BCUT2D eigenvalue weighted by Gasteiger charge is 2.37. The number of hydrogen-bond donors (Lipinski definition) is 0. The zero-order chi connectivity index (χ0) is 23.4. The third-order valence-electron chi connectivity index (χ3n) is 4.79. The number of imide groups is 1. The summed E-state index contributed by atoms with van der Waals surface area (Å²) in [6, 6.07) is 18.2. The summed E-state index contributed by atoms with van der Waals surface area (Å²) >= 11 is 7.01. The molecule has 0 saturated carbocycles. The number of anilines is 1. The smallest absolute Gasteiger partial charge is 0.298 e. The van der Waals surface area contributed by atoms with Crippen molar-refractivity contribution in [1.82, 2.24) is 0 Å². The van der Waals surface area contributed by atoms with E-state index in [0.717, 1.165) is 16.7 Å². The van der Waals surface area contributed by atoms with Crippen LogP contribution in [0.4, 0.5) is 14.9 Å². The zero-order valence-electron chi connectivity index (χ0n) is 17.6. The lowest BCUT2D eigenvalue weighted by Crippen LogP contribution is -2.27. The van der Waals surface area contributed by atoms with Gasteiger partial charge >= 0.3 is 0 Å². The van der Waals surface area contributed by atoms with Crippen LogP contribution in [0.5, 0.6) is 11.5 Å². The molecule has 0 bridgehead atoms. The fourth-order valence-corrected chi connectivity index (χ4v) is 4.29. The first-order valence-electron chi connectivity index (χ1n) is 10.1. The van der Waals surface area contributed by atoms with Gasteiger partial charge in [-0.25, -0.2) is 9.29 Å². The van der Waals surface area contributed by atoms with E-state index in [4.69, 9.17) is 21.1 Å². The topological polar surface area (TPSA) is 55.8 Å². The van der Waals surface area contributed by atoms with Crippen LogP contribution in [0.15, 0.2) is 71.6 Å². The third-order valence-corrected chi connectivity index (χ3v) is 5.98. The van der Waals surface area contributed by atoms with Gasteiger partial charge in [0, 0.05) is 5.56 Å². The Morgan fingerprint density at radius 1 is 1.00 bits per heavy atom. The van der Waals surface area contributed by atoms with Crippen LogP contribution in [0.3, 0.4) is 0 Å². The number of carbonyl (C=O) groups is 2. The maximum Gasteiger partial charge on any atom is 0.298 e. The van der Waals surface area contributed by atoms with Gasteiger partial charge in [-0.1, -0.05) is 48.0 Å². The molecule has 0 aliphatic carbocycles. The Morgan fingerprint density at radius 2 is 1.76 bits per heavy atom. The number of para-hydroxylation sites is 1. The van der Waals surface area contributed by atoms with Crippen molar-refractivity contribution < 1.29 is 23.5 Å². The van der Waals surface area contributed by atoms with Gasteiger partial charge in [0.25, 0.3) is 11.1 Å². The number of rotatable bonds is 7. The summed E-state index contributed by atoms with van der Waals surface area (Å²) in [7, 11) is 0. The van der Waals surface area contributed by atoms with Crippen molar-refractivity contribution in [2.75, 3.05) is 11.5 Å². The van der Waals surface area contributed by atoms with Crippen molar-refractivity contribution in [3.05, 3.63) is 93.6 Å². The van der Waals surface area contributed by atoms with E-state index in [2.05, 4.69) is 0 Å². The highest BCUT2D eigenvalue weighted by molar-refractivity contribution is 8.19. The molecule has 5 nitrogen and oxygen atoms in total. The summed E-state index contributed by atoms with van der Waals surface area (Å²) < 4.78 is 25.3. The third kappa shape index (κ3) is 5.05. The Kier molecular flexibility index (Phi) is 7.01. The molecule has 0 spiro atoms. The van der Waals surface area contributed by atoms with Crippen molar-refractivity contribution in [2.45, 2.75) is 13.5 Å². The molecule has 1 aliphatic heterocycles. The molecule has 3 aromatic rings. The Morgan fingerprint density at radius 3 is 2.52 bits per heavy atom. The maximum atomic E-state index is 13.9. The Labute approximate surface area is 199 Å². The second-order valence-corrected chi connectivity index (χ2v) is 8.39. The van der Waals surface area contributed by atoms with E-state index in [1.807, 2.05) is 6.92 Å². The van der Waals surface area contributed by atoms with E-state index < -0.39 is 11.1 Å². The first kappa shape index (κ1) is 22.9. The number of halogens is 2. The predicted octanol–water partition coefficient (Wildman–Crippen LogP) is 6.70. The van der Waals surface area contributed by atoms with E-state index in [1.54, 1.807) is 66.7 Å². The van der Waals surface area contributed by atoms with Gasteiger partial charge in [-0.05, 0) is 60.7 Å². The van der Waals surface area contributed by atoms with Crippen molar-refractivity contribution >= 4 is 46.3 Å². The monoisotopic (exact) mass is 483 g/mol. The molecular weight excluding hydrogens is 465 g/mol. The van der Waals surface area contributed by atoms with E-state index >= 15 is 0 Å². The van der Waals surface area contributed by atoms with Gasteiger partial charge in [0.05, 0.1) is 22.2 Å². The molecule has 1 heterocycles. The quantitative estimate of drug-likeness (QED) is 0.350. The fraction of sp³-hybridized carbons (Fsp3) is 0.120. The molecule has 0 aromatic heterocycles. The normalized spacial score (nSPS) is 14.8. The lowest BCUT2D eigenvalue weighted by Gasteiger charge is -2.14. The van der Waals surface area contributed by atoms with Gasteiger partial charge in [-0.15, -0.1) is 0 Å². The Bertz CT molecular complexity index is 1250. The number of carbonyl (C=O) groups excluding carboxylic acids is 2. The number of benzene rings is 3. The van der Waals surface area contributed by atoms with Crippen LogP contribution < -0.4 is 14.4 Å². The highest BCUT2D eigenvalue weighted by Crippen LogP contribution is 2.39. The lowest BCUT2D eigenvalue weighted by molar-refractivity contribution is -0.113. The molecule has 4 rings (SSSR count). The molecule has 33 heavy (non-hydrogen) atoms. The van der Waals surface area contributed by atoms with E-state index in [0.29, 0.717) is 39.9 Å². The van der Waals surface area contributed by atoms with Gasteiger partial charge in [0.15, 0.2) is 11.5 Å². The number of ether oxygens (including phenoxy) is 2. The molecule has 1 fully saturated rings. The molecular formula is C25H19ClFNO4S. The van der Waals surface area contributed by atoms with Crippen LogP contribution in [0.25, 0.3) is 6.08 Å². The second-order valence-electron chi connectivity index (χ2n) is 6.99. The van der Waals surface area contributed by atoms with Crippen molar-refractivity contribution in [2.24, 2.45) is 0 Å². The Balaban J connectivity index is 1.57. The average Bonchev–Trinajstić information content (AvgIpc) is 3.07. The maximum absolute atomic E-state index is 13.9. The fourth-order valence-electron chi connectivity index (χ4n) is 3.23. The standard InChI is InChI=1S/C25H19ClFNO4S/c1-2-31-22-13-16(11-12-21(22)32-15-17-7-3-5-9-19(17)27)14-23-24(29)28(25(30)33-23)20-10-6-4-8-18(20)26/h3-14H,2,15H2,1H3/b23-14-. The molecule has 2 amide bonds. The minimum atomic E-state index is -0.448. The summed E-state index contributed by atoms with van der Waals surface area (Å²) in [5.74, 6) is 0.103. The first-order chi connectivity index (χ1) is 16.0. The summed E-state index contributed by atoms with van der Waals surface area (Å²) in [5.41, 5.74) is 1.43. The molecule has 0 unspecified atom stereocenters. The summed E-state index contributed by atoms with van der Waals surface area (Å²) in [6.45, 7) is 2.27. The predicted molar refractivity (Wildman–Crippen MR) is 128 cm³/mol. The summed E-state index contributed by atoms with van der Waals surface area (Å²) in [6.07, 6.45) is 1.62.